The monoisotopic (exact) mass is 296 g/mol. The minimum atomic E-state index is 0.0243. The molecule has 1 unspecified atom stereocenters. The minimum absolute atomic E-state index is 0.0243. The molecule has 2 heterocycles. The number of aromatic nitrogens is 1. The van der Waals surface area contributed by atoms with Gasteiger partial charge in [0, 0.05) is 25.1 Å². The lowest BCUT2D eigenvalue weighted by Crippen LogP contribution is -2.43. The Bertz CT molecular complexity index is 453. The summed E-state index contributed by atoms with van der Waals surface area (Å²) < 4.78 is 10.6. The first-order chi connectivity index (χ1) is 10.1. The van der Waals surface area contributed by atoms with Crippen molar-refractivity contribution in [2.45, 2.75) is 45.6 Å². The van der Waals surface area contributed by atoms with Gasteiger partial charge in [-0.15, -0.1) is 0 Å². The molecule has 0 spiro atoms. The molecule has 1 saturated heterocycles. The molecule has 1 N–H and O–H groups in total. The fourth-order valence-corrected chi connectivity index (χ4v) is 2.77. The van der Waals surface area contributed by atoms with Crippen LogP contribution in [0.1, 0.15) is 36.3 Å². The van der Waals surface area contributed by atoms with Crippen molar-refractivity contribution in [3.8, 4) is 0 Å². The molecular weight excluding hydrogens is 272 g/mol. The smallest absolute Gasteiger partial charge is 0.222 e. The molecule has 2 rings (SSSR count). The first-order valence-corrected chi connectivity index (χ1v) is 7.53. The van der Waals surface area contributed by atoms with Crippen LogP contribution in [0.15, 0.2) is 4.52 Å². The summed E-state index contributed by atoms with van der Waals surface area (Å²) in [7, 11) is 0. The molecule has 0 radical (unpaired) electrons. The van der Waals surface area contributed by atoms with E-state index in [-0.39, 0.29) is 18.6 Å². The summed E-state index contributed by atoms with van der Waals surface area (Å²) in [4.78, 5) is 14.2. The maximum atomic E-state index is 12.3. The van der Waals surface area contributed by atoms with Gasteiger partial charge in [0.05, 0.1) is 25.0 Å². The van der Waals surface area contributed by atoms with Gasteiger partial charge in [-0.1, -0.05) is 5.16 Å². The Labute approximate surface area is 125 Å². The molecule has 1 fully saturated rings. The van der Waals surface area contributed by atoms with Crippen LogP contribution in [-0.2, 0) is 16.0 Å². The van der Waals surface area contributed by atoms with Crippen molar-refractivity contribution in [2.24, 2.45) is 0 Å². The second-order valence-electron chi connectivity index (χ2n) is 5.50. The van der Waals surface area contributed by atoms with Crippen molar-refractivity contribution in [3.63, 3.8) is 0 Å². The predicted octanol–water partition coefficient (Wildman–Crippen LogP) is 1.22. The molecule has 0 bridgehead atoms. The van der Waals surface area contributed by atoms with E-state index in [1.807, 2.05) is 18.7 Å². The van der Waals surface area contributed by atoms with Gasteiger partial charge in [0.2, 0.25) is 5.91 Å². The third kappa shape index (κ3) is 4.28. The summed E-state index contributed by atoms with van der Waals surface area (Å²) in [6.45, 7) is 5.55. The minimum Gasteiger partial charge on any atom is -0.394 e. The van der Waals surface area contributed by atoms with E-state index in [1.54, 1.807) is 0 Å². The van der Waals surface area contributed by atoms with Crippen LogP contribution in [0.2, 0.25) is 0 Å². The lowest BCUT2D eigenvalue weighted by Gasteiger charge is -2.32. The van der Waals surface area contributed by atoms with Crippen molar-refractivity contribution in [1.29, 1.82) is 0 Å². The van der Waals surface area contributed by atoms with Gasteiger partial charge in [-0.25, -0.2) is 0 Å². The van der Waals surface area contributed by atoms with Gasteiger partial charge in [-0.3, -0.25) is 4.79 Å². The Morgan fingerprint density at radius 1 is 1.52 bits per heavy atom. The van der Waals surface area contributed by atoms with E-state index in [0.29, 0.717) is 26.0 Å². The van der Waals surface area contributed by atoms with Crippen LogP contribution < -0.4 is 0 Å². The molecule has 1 amide bonds. The topological polar surface area (TPSA) is 75.8 Å². The average molecular weight is 296 g/mol. The molecular formula is C15H24N2O4. The molecule has 6 heteroatoms. The Hall–Kier alpha value is -1.40. The van der Waals surface area contributed by atoms with Gasteiger partial charge >= 0.3 is 0 Å². The van der Waals surface area contributed by atoms with Crippen LogP contribution >= 0.6 is 0 Å². The first-order valence-electron chi connectivity index (χ1n) is 7.53. The second-order valence-corrected chi connectivity index (χ2v) is 5.50. The van der Waals surface area contributed by atoms with Crippen LogP contribution in [0.5, 0.6) is 0 Å². The quantitative estimate of drug-likeness (QED) is 0.854. The van der Waals surface area contributed by atoms with E-state index in [2.05, 4.69) is 5.16 Å². The van der Waals surface area contributed by atoms with Crippen molar-refractivity contribution < 1.29 is 19.2 Å². The van der Waals surface area contributed by atoms with Crippen LogP contribution in [-0.4, -0.2) is 53.5 Å². The fourth-order valence-electron chi connectivity index (χ4n) is 2.77. The molecule has 1 aliphatic rings. The van der Waals surface area contributed by atoms with Crippen molar-refractivity contribution >= 4 is 5.91 Å². The zero-order valence-electron chi connectivity index (χ0n) is 12.8. The average Bonchev–Trinajstić information content (AvgIpc) is 2.82. The SMILES string of the molecule is Cc1noc(C)c1CCC(=O)N1CCCC(OCCO)C1. The predicted molar refractivity (Wildman–Crippen MR) is 76.9 cm³/mol. The van der Waals surface area contributed by atoms with E-state index >= 15 is 0 Å². The standard InChI is InChI=1S/C15H24N2O4/c1-11-14(12(2)21-16-11)5-6-15(19)17-7-3-4-13(10-17)20-9-8-18/h13,18H,3-10H2,1-2H3. The number of carbonyl (C=O) groups excluding carboxylic acids is 1. The summed E-state index contributed by atoms with van der Waals surface area (Å²) in [5.74, 6) is 0.940. The van der Waals surface area contributed by atoms with Crippen LogP contribution in [0.4, 0.5) is 0 Å². The van der Waals surface area contributed by atoms with Crippen molar-refractivity contribution in [3.05, 3.63) is 17.0 Å². The lowest BCUT2D eigenvalue weighted by molar-refractivity contribution is -0.135. The Kier molecular flexibility index (Phi) is 5.76. The third-order valence-corrected chi connectivity index (χ3v) is 3.95. The number of aryl methyl sites for hydroxylation is 2. The van der Waals surface area contributed by atoms with Crippen molar-refractivity contribution in [2.75, 3.05) is 26.3 Å². The molecule has 1 aliphatic heterocycles. The summed E-state index contributed by atoms with van der Waals surface area (Å²) in [5.41, 5.74) is 1.90. The summed E-state index contributed by atoms with van der Waals surface area (Å²) in [6, 6.07) is 0. The molecule has 1 aromatic heterocycles. The first kappa shape index (κ1) is 16.0. The van der Waals surface area contributed by atoms with Gasteiger partial charge in [0.25, 0.3) is 0 Å². The molecule has 0 aliphatic carbocycles. The Balaban J connectivity index is 1.82. The molecule has 6 nitrogen and oxygen atoms in total. The zero-order chi connectivity index (χ0) is 15.2. The maximum Gasteiger partial charge on any atom is 0.222 e. The summed E-state index contributed by atoms with van der Waals surface area (Å²) in [5, 5.41) is 12.7. The number of ether oxygens (including phenoxy) is 1. The third-order valence-electron chi connectivity index (χ3n) is 3.95. The van der Waals surface area contributed by atoms with E-state index in [0.717, 1.165) is 36.4 Å². The van der Waals surface area contributed by atoms with Crippen LogP contribution in [0, 0.1) is 13.8 Å². The highest BCUT2D eigenvalue weighted by Crippen LogP contribution is 2.17. The Morgan fingerprint density at radius 2 is 2.33 bits per heavy atom. The molecule has 0 aromatic carbocycles. The van der Waals surface area contributed by atoms with Gasteiger partial charge in [-0.05, 0) is 33.1 Å². The highest BCUT2D eigenvalue weighted by Gasteiger charge is 2.24. The van der Waals surface area contributed by atoms with Crippen LogP contribution in [0.25, 0.3) is 0 Å². The molecule has 1 aromatic rings. The van der Waals surface area contributed by atoms with E-state index < -0.39 is 0 Å². The van der Waals surface area contributed by atoms with Crippen molar-refractivity contribution in [1.82, 2.24) is 10.1 Å². The highest BCUT2D eigenvalue weighted by molar-refractivity contribution is 5.76. The molecule has 118 valence electrons. The number of hydrogen-bond donors (Lipinski definition) is 1. The van der Waals surface area contributed by atoms with E-state index in [4.69, 9.17) is 14.4 Å². The number of aliphatic hydroxyl groups is 1. The van der Waals surface area contributed by atoms with Gasteiger partial charge in [-0.2, -0.15) is 0 Å². The largest absolute Gasteiger partial charge is 0.394 e. The molecule has 0 saturated carbocycles. The van der Waals surface area contributed by atoms with Gasteiger partial charge in [0.15, 0.2) is 0 Å². The maximum absolute atomic E-state index is 12.3. The van der Waals surface area contributed by atoms with E-state index in [9.17, 15) is 4.79 Å². The second kappa shape index (κ2) is 7.56. The number of piperidine rings is 1. The Morgan fingerprint density at radius 3 is 3.00 bits per heavy atom. The number of amides is 1. The normalized spacial score (nSPS) is 19.0. The van der Waals surface area contributed by atoms with Gasteiger partial charge < -0.3 is 19.3 Å². The van der Waals surface area contributed by atoms with E-state index in [1.165, 1.54) is 0 Å². The number of likely N-dealkylation sites (tertiary alicyclic amines) is 1. The lowest BCUT2D eigenvalue weighted by atomic mass is 10.1. The number of carbonyl (C=O) groups is 1. The molecule has 1 atom stereocenters. The number of hydrogen-bond acceptors (Lipinski definition) is 5. The number of nitrogens with zero attached hydrogens (tertiary/aromatic N) is 2. The van der Waals surface area contributed by atoms with Crippen LogP contribution in [0.3, 0.4) is 0 Å². The highest BCUT2D eigenvalue weighted by atomic mass is 16.5. The zero-order valence-corrected chi connectivity index (χ0v) is 12.8. The molecule has 21 heavy (non-hydrogen) atoms. The van der Waals surface area contributed by atoms with Gasteiger partial charge in [0.1, 0.15) is 5.76 Å². The number of rotatable bonds is 6. The summed E-state index contributed by atoms with van der Waals surface area (Å²) in [6.07, 6.45) is 3.09. The summed E-state index contributed by atoms with van der Waals surface area (Å²) >= 11 is 0. The fraction of sp³-hybridized carbons (Fsp3) is 0.733. The number of aliphatic hydroxyl groups excluding tert-OH is 1.